The highest BCUT2D eigenvalue weighted by molar-refractivity contribution is 6.34. The quantitative estimate of drug-likeness (QED) is 0.817. The Morgan fingerprint density at radius 2 is 2.10 bits per heavy atom. The third-order valence-electron chi connectivity index (χ3n) is 2.80. The lowest BCUT2D eigenvalue weighted by molar-refractivity contribution is 0.106. The van der Waals surface area contributed by atoms with Crippen molar-refractivity contribution in [3.8, 4) is 5.75 Å². The van der Waals surface area contributed by atoms with Crippen LogP contribution in [0.3, 0.4) is 0 Å². The van der Waals surface area contributed by atoms with Gasteiger partial charge < -0.3 is 19.6 Å². The molecule has 1 aromatic carbocycles. The van der Waals surface area contributed by atoms with E-state index in [0.29, 0.717) is 28.9 Å². The van der Waals surface area contributed by atoms with Crippen molar-refractivity contribution in [2.24, 2.45) is 0 Å². The molecule has 0 amide bonds. The van der Waals surface area contributed by atoms with Crippen LogP contribution in [0.1, 0.15) is 11.5 Å². The Kier molecular flexibility index (Phi) is 5.94. The van der Waals surface area contributed by atoms with Crippen LogP contribution in [0, 0.1) is 6.92 Å². The Balaban J connectivity index is 1.72. The predicted molar refractivity (Wildman–Crippen MR) is 83.1 cm³/mol. The zero-order valence-electron chi connectivity index (χ0n) is 11.6. The van der Waals surface area contributed by atoms with Gasteiger partial charge in [-0.2, -0.15) is 0 Å². The standard InChI is InChI=1S/C15H17Cl2NO3/c1-10-2-4-13(21-10)8-18-7-12(19)9-20-15-6-11(16)3-5-14(15)17/h2-6,12,18-19H,7-9H2,1H3. The largest absolute Gasteiger partial charge is 0.489 e. The van der Waals surface area contributed by atoms with Crippen LogP contribution < -0.4 is 10.1 Å². The Bertz CT molecular complexity index is 586. The average molecular weight is 330 g/mol. The smallest absolute Gasteiger partial charge is 0.139 e. The molecule has 6 heteroatoms. The molecule has 0 bridgehead atoms. The van der Waals surface area contributed by atoms with Gasteiger partial charge in [-0.05, 0) is 31.2 Å². The first-order valence-electron chi connectivity index (χ1n) is 6.56. The Morgan fingerprint density at radius 1 is 1.29 bits per heavy atom. The van der Waals surface area contributed by atoms with Gasteiger partial charge in [-0.25, -0.2) is 0 Å². The van der Waals surface area contributed by atoms with Crippen LogP contribution in [0.4, 0.5) is 0 Å². The predicted octanol–water partition coefficient (Wildman–Crippen LogP) is 3.42. The van der Waals surface area contributed by atoms with E-state index in [1.165, 1.54) is 0 Å². The maximum Gasteiger partial charge on any atom is 0.139 e. The van der Waals surface area contributed by atoms with Crippen molar-refractivity contribution >= 4 is 23.2 Å². The van der Waals surface area contributed by atoms with Gasteiger partial charge in [-0.3, -0.25) is 0 Å². The SMILES string of the molecule is Cc1ccc(CNCC(O)COc2cc(Cl)ccc2Cl)o1. The van der Waals surface area contributed by atoms with Crippen molar-refractivity contribution < 1.29 is 14.3 Å². The molecular formula is C15H17Cl2NO3. The van der Waals surface area contributed by atoms with Crippen LogP contribution in [-0.2, 0) is 6.54 Å². The maximum atomic E-state index is 9.86. The fourth-order valence-electron chi connectivity index (χ4n) is 1.77. The summed E-state index contributed by atoms with van der Waals surface area (Å²) in [6.07, 6.45) is -0.656. The molecule has 0 aliphatic carbocycles. The Labute approximate surface area is 133 Å². The highest BCUT2D eigenvalue weighted by atomic mass is 35.5. The molecule has 0 radical (unpaired) electrons. The van der Waals surface area contributed by atoms with Gasteiger partial charge in [0, 0.05) is 17.6 Å². The topological polar surface area (TPSA) is 54.6 Å². The van der Waals surface area contributed by atoms with Crippen molar-refractivity contribution in [2.75, 3.05) is 13.2 Å². The molecule has 0 saturated heterocycles. The van der Waals surface area contributed by atoms with Gasteiger partial charge in [-0.1, -0.05) is 23.2 Å². The number of halogens is 2. The summed E-state index contributed by atoms with van der Waals surface area (Å²) < 4.78 is 10.9. The van der Waals surface area contributed by atoms with Crippen LogP contribution in [0.2, 0.25) is 10.0 Å². The molecule has 2 aromatic rings. The van der Waals surface area contributed by atoms with Gasteiger partial charge in [0.15, 0.2) is 0 Å². The highest BCUT2D eigenvalue weighted by Gasteiger charge is 2.08. The van der Waals surface area contributed by atoms with Crippen LogP contribution in [-0.4, -0.2) is 24.4 Å². The molecule has 21 heavy (non-hydrogen) atoms. The fourth-order valence-corrected chi connectivity index (χ4v) is 2.11. The lowest BCUT2D eigenvalue weighted by Crippen LogP contribution is -2.31. The van der Waals surface area contributed by atoms with Gasteiger partial charge in [0.25, 0.3) is 0 Å². The van der Waals surface area contributed by atoms with Crippen LogP contribution in [0.15, 0.2) is 34.7 Å². The number of furan rings is 1. The minimum atomic E-state index is -0.656. The first-order chi connectivity index (χ1) is 10.0. The molecular weight excluding hydrogens is 313 g/mol. The zero-order chi connectivity index (χ0) is 15.2. The number of aliphatic hydroxyl groups is 1. The van der Waals surface area contributed by atoms with Crippen molar-refractivity contribution in [3.63, 3.8) is 0 Å². The van der Waals surface area contributed by atoms with Crippen LogP contribution >= 0.6 is 23.2 Å². The van der Waals surface area contributed by atoms with E-state index >= 15 is 0 Å². The molecule has 0 fully saturated rings. The third kappa shape index (κ3) is 5.25. The molecule has 1 heterocycles. The summed E-state index contributed by atoms with van der Waals surface area (Å²) in [6, 6.07) is 8.76. The summed E-state index contributed by atoms with van der Waals surface area (Å²) in [4.78, 5) is 0. The van der Waals surface area contributed by atoms with Crippen molar-refractivity contribution in [3.05, 3.63) is 51.9 Å². The first-order valence-corrected chi connectivity index (χ1v) is 7.32. The molecule has 2 rings (SSSR count). The first kappa shape index (κ1) is 16.2. The molecule has 0 saturated carbocycles. The molecule has 4 nitrogen and oxygen atoms in total. The summed E-state index contributed by atoms with van der Waals surface area (Å²) in [5.41, 5.74) is 0. The number of aryl methyl sites for hydroxylation is 1. The monoisotopic (exact) mass is 329 g/mol. The number of hydrogen-bond donors (Lipinski definition) is 2. The van der Waals surface area contributed by atoms with E-state index in [1.807, 2.05) is 19.1 Å². The van der Waals surface area contributed by atoms with E-state index in [4.69, 9.17) is 32.4 Å². The van der Waals surface area contributed by atoms with E-state index in [9.17, 15) is 5.11 Å². The highest BCUT2D eigenvalue weighted by Crippen LogP contribution is 2.27. The molecule has 114 valence electrons. The second kappa shape index (κ2) is 7.71. The molecule has 0 aliphatic rings. The van der Waals surface area contributed by atoms with Gasteiger partial charge in [0.05, 0.1) is 11.6 Å². The normalized spacial score (nSPS) is 12.4. The Morgan fingerprint density at radius 3 is 2.81 bits per heavy atom. The number of rotatable bonds is 7. The molecule has 2 N–H and O–H groups in total. The minimum absolute atomic E-state index is 0.129. The Hall–Kier alpha value is -1.20. The summed E-state index contributed by atoms with van der Waals surface area (Å²) in [5, 5.41) is 14.0. The van der Waals surface area contributed by atoms with Crippen LogP contribution in [0.5, 0.6) is 5.75 Å². The second-order valence-corrected chi connectivity index (χ2v) is 5.53. The summed E-state index contributed by atoms with van der Waals surface area (Å²) in [5.74, 6) is 2.16. The number of aliphatic hydroxyl groups excluding tert-OH is 1. The van der Waals surface area contributed by atoms with Gasteiger partial charge in [-0.15, -0.1) is 0 Å². The number of ether oxygens (including phenoxy) is 1. The lowest BCUT2D eigenvalue weighted by Gasteiger charge is -2.13. The zero-order valence-corrected chi connectivity index (χ0v) is 13.1. The summed E-state index contributed by atoms with van der Waals surface area (Å²) >= 11 is 11.8. The molecule has 1 unspecified atom stereocenters. The lowest BCUT2D eigenvalue weighted by atomic mass is 10.3. The minimum Gasteiger partial charge on any atom is -0.489 e. The third-order valence-corrected chi connectivity index (χ3v) is 3.35. The van der Waals surface area contributed by atoms with Crippen molar-refractivity contribution in [1.82, 2.24) is 5.32 Å². The van der Waals surface area contributed by atoms with Gasteiger partial charge in [0.2, 0.25) is 0 Å². The summed E-state index contributed by atoms with van der Waals surface area (Å²) in [6.45, 7) is 2.96. The summed E-state index contributed by atoms with van der Waals surface area (Å²) in [7, 11) is 0. The van der Waals surface area contributed by atoms with E-state index in [1.54, 1.807) is 18.2 Å². The maximum absolute atomic E-state index is 9.86. The number of nitrogens with one attached hydrogen (secondary N) is 1. The van der Waals surface area contributed by atoms with Crippen LogP contribution in [0.25, 0.3) is 0 Å². The van der Waals surface area contributed by atoms with Gasteiger partial charge >= 0.3 is 0 Å². The average Bonchev–Trinajstić information content (AvgIpc) is 2.85. The van der Waals surface area contributed by atoms with E-state index in [2.05, 4.69) is 5.32 Å². The molecule has 1 aromatic heterocycles. The van der Waals surface area contributed by atoms with Crippen molar-refractivity contribution in [2.45, 2.75) is 19.6 Å². The molecule has 0 aliphatic heterocycles. The molecule has 0 spiro atoms. The van der Waals surface area contributed by atoms with E-state index in [-0.39, 0.29) is 6.61 Å². The molecule has 1 atom stereocenters. The number of benzene rings is 1. The van der Waals surface area contributed by atoms with E-state index in [0.717, 1.165) is 11.5 Å². The second-order valence-electron chi connectivity index (χ2n) is 4.68. The number of hydrogen-bond acceptors (Lipinski definition) is 4. The van der Waals surface area contributed by atoms with Gasteiger partial charge in [0.1, 0.15) is 30.0 Å². The van der Waals surface area contributed by atoms with Crippen molar-refractivity contribution in [1.29, 1.82) is 0 Å². The fraction of sp³-hybridized carbons (Fsp3) is 0.333. The van der Waals surface area contributed by atoms with E-state index < -0.39 is 6.10 Å².